The number of carbonyl (C=O) groups excluding carboxylic acids is 1. The third-order valence-electron chi connectivity index (χ3n) is 3.23. The van der Waals surface area contributed by atoms with E-state index < -0.39 is 0 Å². The normalized spacial score (nSPS) is 24.1. The molecule has 1 heterocycles. The van der Waals surface area contributed by atoms with Gasteiger partial charge in [-0.25, -0.2) is 0 Å². The first-order valence-electron chi connectivity index (χ1n) is 5.40. The van der Waals surface area contributed by atoms with Crippen molar-refractivity contribution < 1.29 is 4.79 Å². The van der Waals surface area contributed by atoms with E-state index in [0.717, 1.165) is 22.3 Å². The van der Waals surface area contributed by atoms with E-state index in [0.29, 0.717) is 6.54 Å². The number of amides is 1. The summed E-state index contributed by atoms with van der Waals surface area (Å²) in [5, 5.41) is 6.29. The predicted octanol–water partition coefficient (Wildman–Crippen LogP) is 3.23. The maximum absolute atomic E-state index is 12.1. The van der Waals surface area contributed by atoms with Crippen LogP contribution in [0.2, 0.25) is 0 Å². The number of fused-ring (bicyclic) bond motifs is 1. The number of halogens is 1. The lowest BCUT2D eigenvalue weighted by atomic mass is 9.86. The standard InChI is InChI=1S/C12H15BrN2O/c1-3-12(2)7-14-9-5-4-8(13)6-10(9)15-11(12)16/h4-6,14H,3,7H2,1-2H3,(H,15,16). The fourth-order valence-corrected chi connectivity index (χ4v) is 2.06. The molecule has 0 saturated carbocycles. The van der Waals surface area contributed by atoms with Gasteiger partial charge in [0.2, 0.25) is 5.91 Å². The van der Waals surface area contributed by atoms with Gasteiger partial charge in [-0.05, 0) is 31.5 Å². The Morgan fingerprint density at radius 1 is 1.44 bits per heavy atom. The zero-order chi connectivity index (χ0) is 11.8. The molecular weight excluding hydrogens is 268 g/mol. The summed E-state index contributed by atoms with van der Waals surface area (Å²) in [6.45, 7) is 4.69. The Balaban J connectivity index is 2.37. The van der Waals surface area contributed by atoms with Crippen LogP contribution < -0.4 is 10.6 Å². The molecule has 1 amide bonds. The van der Waals surface area contributed by atoms with E-state index in [1.165, 1.54) is 0 Å². The molecule has 86 valence electrons. The minimum absolute atomic E-state index is 0.0827. The lowest BCUT2D eigenvalue weighted by Gasteiger charge is -2.23. The molecule has 0 spiro atoms. The number of anilines is 2. The molecule has 1 aliphatic heterocycles. The van der Waals surface area contributed by atoms with Crippen LogP contribution in [0, 0.1) is 5.41 Å². The first-order valence-corrected chi connectivity index (χ1v) is 6.19. The number of hydrogen-bond acceptors (Lipinski definition) is 2. The highest BCUT2D eigenvalue weighted by molar-refractivity contribution is 9.10. The van der Waals surface area contributed by atoms with Crippen LogP contribution in [0.1, 0.15) is 20.3 Å². The quantitative estimate of drug-likeness (QED) is 0.830. The van der Waals surface area contributed by atoms with Crippen molar-refractivity contribution in [2.45, 2.75) is 20.3 Å². The summed E-state index contributed by atoms with van der Waals surface area (Å²) in [5.74, 6) is 0.0827. The first kappa shape index (κ1) is 11.5. The molecule has 1 unspecified atom stereocenters. The molecule has 1 aromatic rings. The van der Waals surface area contributed by atoms with Crippen LogP contribution in [0.15, 0.2) is 22.7 Å². The van der Waals surface area contributed by atoms with Crippen LogP contribution in [-0.4, -0.2) is 12.5 Å². The molecule has 0 saturated heterocycles. The Labute approximate surface area is 104 Å². The van der Waals surface area contributed by atoms with Crippen molar-refractivity contribution in [3.63, 3.8) is 0 Å². The van der Waals surface area contributed by atoms with Gasteiger partial charge in [-0.15, -0.1) is 0 Å². The Morgan fingerprint density at radius 3 is 2.88 bits per heavy atom. The largest absolute Gasteiger partial charge is 0.382 e. The minimum Gasteiger partial charge on any atom is -0.382 e. The molecule has 0 bridgehead atoms. The van der Waals surface area contributed by atoms with Crippen molar-refractivity contribution in [2.75, 3.05) is 17.2 Å². The monoisotopic (exact) mass is 282 g/mol. The van der Waals surface area contributed by atoms with Gasteiger partial charge >= 0.3 is 0 Å². The zero-order valence-corrected chi connectivity index (χ0v) is 11.0. The molecule has 0 fully saturated rings. The van der Waals surface area contributed by atoms with Crippen LogP contribution in [-0.2, 0) is 4.79 Å². The Bertz CT molecular complexity index is 433. The fourth-order valence-electron chi connectivity index (χ4n) is 1.70. The lowest BCUT2D eigenvalue weighted by molar-refractivity contribution is -0.124. The van der Waals surface area contributed by atoms with Gasteiger partial charge in [-0.1, -0.05) is 22.9 Å². The van der Waals surface area contributed by atoms with Crippen molar-refractivity contribution in [3.8, 4) is 0 Å². The van der Waals surface area contributed by atoms with Gasteiger partial charge < -0.3 is 10.6 Å². The molecule has 2 rings (SSSR count). The van der Waals surface area contributed by atoms with E-state index >= 15 is 0 Å². The first-order chi connectivity index (χ1) is 7.55. The van der Waals surface area contributed by atoms with E-state index in [-0.39, 0.29) is 11.3 Å². The number of nitrogens with one attached hydrogen (secondary N) is 2. The Hall–Kier alpha value is -1.03. The van der Waals surface area contributed by atoms with Gasteiger partial charge in [-0.2, -0.15) is 0 Å². The third kappa shape index (κ3) is 1.94. The third-order valence-corrected chi connectivity index (χ3v) is 3.72. The maximum atomic E-state index is 12.1. The topological polar surface area (TPSA) is 41.1 Å². The predicted molar refractivity (Wildman–Crippen MR) is 69.7 cm³/mol. The van der Waals surface area contributed by atoms with Crippen molar-refractivity contribution in [1.29, 1.82) is 0 Å². The van der Waals surface area contributed by atoms with Crippen molar-refractivity contribution >= 4 is 33.2 Å². The lowest BCUT2D eigenvalue weighted by Crippen LogP contribution is -2.36. The van der Waals surface area contributed by atoms with Gasteiger partial charge in [-0.3, -0.25) is 4.79 Å². The van der Waals surface area contributed by atoms with Crippen LogP contribution in [0.4, 0.5) is 11.4 Å². The fraction of sp³-hybridized carbons (Fsp3) is 0.417. The molecule has 4 heteroatoms. The van der Waals surface area contributed by atoms with Crippen molar-refractivity contribution in [1.82, 2.24) is 0 Å². The van der Waals surface area contributed by atoms with E-state index in [1.807, 2.05) is 32.0 Å². The second-order valence-electron chi connectivity index (χ2n) is 4.41. The van der Waals surface area contributed by atoms with Crippen LogP contribution in [0.25, 0.3) is 0 Å². The van der Waals surface area contributed by atoms with E-state index in [1.54, 1.807) is 0 Å². The summed E-state index contributed by atoms with van der Waals surface area (Å²) in [5.41, 5.74) is 1.48. The number of carbonyl (C=O) groups is 1. The Morgan fingerprint density at radius 2 is 2.19 bits per heavy atom. The minimum atomic E-state index is -0.342. The summed E-state index contributed by atoms with van der Waals surface area (Å²) in [6, 6.07) is 5.86. The number of hydrogen-bond donors (Lipinski definition) is 2. The van der Waals surface area contributed by atoms with Gasteiger partial charge in [0.15, 0.2) is 0 Å². The van der Waals surface area contributed by atoms with Crippen molar-refractivity contribution in [2.24, 2.45) is 5.41 Å². The summed E-state index contributed by atoms with van der Waals surface area (Å²) in [7, 11) is 0. The van der Waals surface area contributed by atoms with Gasteiger partial charge in [0, 0.05) is 11.0 Å². The second kappa shape index (κ2) is 4.09. The van der Waals surface area contributed by atoms with E-state index in [4.69, 9.17) is 0 Å². The average molecular weight is 283 g/mol. The van der Waals surface area contributed by atoms with Gasteiger partial charge in [0.05, 0.1) is 16.8 Å². The summed E-state index contributed by atoms with van der Waals surface area (Å²) >= 11 is 3.40. The smallest absolute Gasteiger partial charge is 0.232 e. The molecule has 0 radical (unpaired) electrons. The van der Waals surface area contributed by atoms with Gasteiger partial charge in [0.25, 0.3) is 0 Å². The molecule has 16 heavy (non-hydrogen) atoms. The Kier molecular flexibility index (Phi) is 2.93. The van der Waals surface area contributed by atoms with Gasteiger partial charge in [0.1, 0.15) is 0 Å². The average Bonchev–Trinajstić information content (AvgIpc) is 2.38. The molecule has 1 atom stereocenters. The van der Waals surface area contributed by atoms with E-state index in [9.17, 15) is 4.79 Å². The molecule has 1 aliphatic rings. The maximum Gasteiger partial charge on any atom is 0.232 e. The number of rotatable bonds is 1. The number of benzene rings is 1. The molecule has 0 aliphatic carbocycles. The highest BCUT2D eigenvalue weighted by Crippen LogP contribution is 2.33. The molecule has 3 nitrogen and oxygen atoms in total. The molecule has 0 aromatic heterocycles. The molecule has 2 N–H and O–H groups in total. The summed E-state index contributed by atoms with van der Waals surface area (Å²) < 4.78 is 0.966. The van der Waals surface area contributed by atoms with Crippen molar-refractivity contribution in [3.05, 3.63) is 22.7 Å². The zero-order valence-electron chi connectivity index (χ0n) is 9.43. The summed E-state index contributed by atoms with van der Waals surface area (Å²) in [4.78, 5) is 12.1. The SMILES string of the molecule is CCC1(C)CNc2ccc(Br)cc2NC1=O. The highest BCUT2D eigenvalue weighted by Gasteiger charge is 2.33. The van der Waals surface area contributed by atoms with E-state index in [2.05, 4.69) is 26.6 Å². The second-order valence-corrected chi connectivity index (χ2v) is 5.33. The van der Waals surface area contributed by atoms with Crippen LogP contribution in [0.5, 0.6) is 0 Å². The summed E-state index contributed by atoms with van der Waals surface area (Å²) in [6.07, 6.45) is 0.820. The van der Waals surface area contributed by atoms with Crippen LogP contribution >= 0.6 is 15.9 Å². The van der Waals surface area contributed by atoms with Crippen LogP contribution in [0.3, 0.4) is 0 Å². The molecule has 1 aromatic carbocycles. The highest BCUT2D eigenvalue weighted by atomic mass is 79.9. The molecular formula is C12H15BrN2O.